The highest BCUT2D eigenvalue weighted by atomic mass is 32.2. The van der Waals surface area contributed by atoms with E-state index in [0.717, 1.165) is 16.6 Å². The molecule has 0 spiro atoms. The molecule has 0 bridgehead atoms. The molecule has 2 heterocycles. The van der Waals surface area contributed by atoms with E-state index in [1.54, 1.807) is 13.8 Å². The third-order valence-corrected chi connectivity index (χ3v) is 8.54. The van der Waals surface area contributed by atoms with Crippen molar-refractivity contribution in [3.63, 3.8) is 0 Å². The number of aromatic nitrogens is 1. The summed E-state index contributed by atoms with van der Waals surface area (Å²) in [5, 5.41) is 0. The van der Waals surface area contributed by atoms with E-state index in [2.05, 4.69) is 11.9 Å². The van der Waals surface area contributed by atoms with E-state index in [4.69, 9.17) is 9.47 Å². The first kappa shape index (κ1) is 23.5. The Morgan fingerprint density at radius 3 is 2.30 bits per heavy atom. The summed E-state index contributed by atoms with van der Waals surface area (Å²) in [5.74, 6) is 0.969. The lowest BCUT2D eigenvalue weighted by Gasteiger charge is -2.18. The molecule has 0 radical (unpaired) electrons. The number of fused-ring (bicyclic) bond motifs is 2. The fourth-order valence-electron chi connectivity index (χ4n) is 3.76. The van der Waals surface area contributed by atoms with Crippen LogP contribution in [0.1, 0.15) is 37.6 Å². The lowest BCUT2D eigenvalue weighted by molar-refractivity contribution is 0.0997. The van der Waals surface area contributed by atoms with Crippen LogP contribution in [-0.4, -0.2) is 49.5 Å². The van der Waals surface area contributed by atoms with Crippen LogP contribution in [0.25, 0.3) is 10.2 Å². The van der Waals surface area contributed by atoms with Gasteiger partial charge in [-0.05, 0) is 30.7 Å². The molecule has 2 aromatic carbocycles. The highest BCUT2D eigenvalue weighted by molar-refractivity contribution is 7.89. The van der Waals surface area contributed by atoms with Gasteiger partial charge in [-0.2, -0.15) is 9.30 Å². The van der Waals surface area contributed by atoms with Crippen LogP contribution >= 0.6 is 11.3 Å². The van der Waals surface area contributed by atoms with E-state index in [9.17, 15) is 13.2 Å². The average Bonchev–Trinajstić information content (AvgIpc) is 3.14. The molecule has 1 aliphatic heterocycles. The predicted molar refractivity (Wildman–Crippen MR) is 128 cm³/mol. The molecule has 33 heavy (non-hydrogen) atoms. The Bertz CT molecular complexity index is 1340. The average molecular weight is 490 g/mol. The van der Waals surface area contributed by atoms with Crippen LogP contribution in [0.2, 0.25) is 0 Å². The fourth-order valence-corrected chi connectivity index (χ4v) is 6.29. The predicted octanol–water partition coefficient (Wildman–Crippen LogP) is 3.66. The molecule has 3 aromatic rings. The summed E-state index contributed by atoms with van der Waals surface area (Å²) < 4.78 is 41.1. The van der Waals surface area contributed by atoms with Gasteiger partial charge in [-0.15, -0.1) is 0 Å². The number of sulfonamides is 1. The summed E-state index contributed by atoms with van der Waals surface area (Å²) in [5.41, 5.74) is 1.28. The minimum Gasteiger partial charge on any atom is -0.486 e. The molecule has 10 heteroatoms. The number of aryl methyl sites for hydroxylation is 1. The van der Waals surface area contributed by atoms with Crippen molar-refractivity contribution in [2.45, 2.75) is 38.6 Å². The van der Waals surface area contributed by atoms with Crippen molar-refractivity contribution >= 4 is 37.5 Å². The van der Waals surface area contributed by atoms with Gasteiger partial charge >= 0.3 is 0 Å². The molecule has 0 saturated heterocycles. The topological polar surface area (TPSA) is 90.2 Å². The molecule has 0 fully saturated rings. The molecule has 0 unspecified atom stereocenters. The normalized spacial score (nSPS) is 14.2. The quantitative estimate of drug-likeness (QED) is 0.505. The second-order valence-corrected chi connectivity index (χ2v) is 10.5. The number of benzene rings is 2. The first-order chi connectivity index (χ1) is 15.9. The molecule has 8 nitrogen and oxygen atoms in total. The Morgan fingerprint density at radius 1 is 1.06 bits per heavy atom. The number of amides is 1. The van der Waals surface area contributed by atoms with E-state index in [0.29, 0.717) is 54.7 Å². The van der Waals surface area contributed by atoms with Gasteiger partial charge in [0.15, 0.2) is 16.3 Å². The zero-order valence-corrected chi connectivity index (χ0v) is 20.5. The molecule has 0 atom stereocenters. The van der Waals surface area contributed by atoms with Crippen molar-refractivity contribution in [3.05, 3.63) is 46.8 Å². The first-order valence-corrected chi connectivity index (χ1v) is 13.3. The van der Waals surface area contributed by atoms with Crippen molar-refractivity contribution in [3.8, 4) is 11.5 Å². The van der Waals surface area contributed by atoms with Gasteiger partial charge in [0.1, 0.15) is 13.2 Å². The fraction of sp³-hybridized carbons (Fsp3) is 0.391. The van der Waals surface area contributed by atoms with E-state index >= 15 is 0 Å². The summed E-state index contributed by atoms with van der Waals surface area (Å²) in [4.78, 5) is 18.0. The smallest absolute Gasteiger partial charge is 0.279 e. The van der Waals surface area contributed by atoms with Crippen LogP contribution in [0.15, 0.2) is 46.3 Å². The Morgan fingerprint density at radius 2 is 1.70 bits per heavy atom. The van der Waals surface area contributed by atoms with Gasteiger partial charge in [-0.1, -0.05) is 32.1 Å². The Kier molecular flexibility index (Phi) is 6.87. The standard InChI is InChI=1S/C23H27N3O5S2/c1-4-11-26-18-14-19-20(31-13-12-30-19)15-21(18)32-23(26)24-22(27)16-7-9-17(10-8-16)33(28,29)25(5-2)6-3/h7-10,14-15H,4-6,11-13H2,1-3H3. The minimum absolute atomic E-state index is 0.163. The number of rotatable bonds is 7. The minimum atomic E-state index is -3.58. The summed E-state index contributed by atoms with van der Waals surface area (Å²) in [6.07, 6.45) is 0.875. The van der Waals surface area contributed by atoms with Crippen molar-refractivity contribution in [1.82, 2.24) is 8.87 Å². The van der Waals surface area contributed by atoms with E-state index < -0.39 is 15.9 Å². The maximum Gasteiger partial charge on any atom is 0.279 e. The Hall–Kier alpha value is -2.69. The van der Waals surface area contributed by atoms with Gasteiger partial charge in [0.05, 0.1) is 15.1 Å². The lowest BCUT2D eigenvalue weighted by atomic mass is 10.2. The molecule has 176 valence electrons. The van der Waals surface area contributed by atoms with E-state index in [1.165, 1.54) is 39.9 Å². The van der Waals surface area contributed by atoms with Gasteiger partial charge in [-0.3, -0.25) is 4.79 Å². The molecular weight excluding hydrogens is 462 g/mol. The van der Waals surface area contributed by atoms with Gasteiger partial charge in [0.2, 0.25) is 10.0 Å². The van der Waals surface area contributed by atoms with Crippen LogP contribution < -0.4 is 14.3 Å². The summed E-state index contributed by atoms with van der Waals surface area (Å²) in [6.45, 7) is 8.14. The summed E-state index contributed by atoms with van der Waals surface area (Å²) >= 11 is 1.41. The molecule has 1 amide bonds. The Labute approximate surface area is 197 Å². The van der Waals surface area contributed by atoms with Gasteiger partial charge in [0, 0.05) is 37.3 Å². The van der Waals surface area contributed by atoms with Crippen molar-refractivity contribution < 1.29 is 22.7 Å². The molecule has 4 rings (SSSR count). The van der Waals surface area contributed by atoms with Crippen molar-refractivity contribution in [2.24, 2.45) is 4.99 Å². The number of nitrogens with zero attached hydrogens (tertiary/aromatic N) is 3. The third-order valence-electron chi connectivity index (χ3n) is 5.44. The number of thiazole rings is 1. The first-order valence-electron chi connectivity index (χ1n) is 11.0. The second kappa shape index (κ2) is 9.66. The zero-order valence-electron chi connectivity index (χ0n) is 18.9. The molecule has 0 saturated carbocycles. The number of ether oxygens (including phenoxy) is 2. The van der Waals surface area contributed by atoms with Crippen LogP contribution in [-0.2, 0) is 16.6 Å². The van der Waals surface area contributed by atoms with Gasteiger partial charge in [0.25, 0.3) is 5.91 Å². The van der Waals surface area contributed by atoms with Gasteiger partial charge in [-0.25, -0.2) is 8.42 Å². The maximum atomic E-state index is 12.9. The Balaban J connectivity index is 1.70. The van der Waals surface area contributed by atoms with Gasteiger partial charge < -0.3 is 14.0 Å². The van der Waals surface area contributed by atoms with Crippen LogP contribution in [0.3, 0.4) is 0 Å². The number of hydrogen-bond donors (Lipinski definition) is 0. The summed E-state index contributed by atoms with van der Waals surface area (Å²) in [7, 11) is -3.58. The number of carbonyl (C=O) groups excluding carboxylic acids is 1. The number of carbonyl (C=O) groups is 1. The molecular formula is C23H27N3O5S2. The van der Waals surface area contributed by atoms with E-state index in [1.807, 2.05) is 16.7 Å². The van der Waals surface area contributed by atoms with E-state index in [-0.39, 0.29) is 4.90 Å². The second-order valence-electron chi connectivity index (χ2n) is 7.53. The number of hydrogen-bond acceptors (Lipinski definition) is 6. The molecule has 0 aliphatic carbocycles. The van der Waals surface area contributed by atoms with Crippen LogP contribution in [0.5, 0.6) is 11.5 Å². The summed E-state index contributed by atoms with van der Waals surface area (Å²) in [6, 6.07) is 9.82. The van der Waals surface area contributed by atoms with Crippen molar-refractivity contribution in [2.75, 3.05) is 26.3 Å². The zero-order chi connectivity index (χ0) is 23.6. The largest absolute Gasteiger partial charge is 0.486 e. The maximum absolute atomic E-state index is 12.9. The van der Waals surface area contributed by atoms with Crippen molar-refractivity contribution in [1.29, 1.82) is 0 Å². The molecule has 1 aliphatic rings. The SMILES string of the molecule is CCCn1c(=NC(=O)c2ccc(S(=O)(=O)N(CC)CC)cc2)sc2cc3c(cc21)OCCO3. The molecule has 0 N–H and O–H groups in total. The lowest BCUT2D eigenvalue weighted by Crippen LogP contribution is -2.30. The monoisotopic (exact) mass is 489 g/mol. The highest BCUT2D eigenvalue weighted by Crippen LogP contribution is 2.35. The van der Waals surface area contributed by atoms with Crippen LogP contribution in [0.4, 0.5) is 0 Å². The highest BCUT2D eigenvalue weighted by Gasteiger charge is 2.22. The molecule has 1 aromatic heterocycles. The van der Waals surface area contributed by atoms with Crippen LogP contribution in [0, 0.1) is 0 Å². The third kappa shape index (κ3) is 4.55.